The lowest BCUT2D eigenvalue weighted by molar-refractivity contribution is 0.0957. The Bertz CT molecular complexity index is 425. The number of nitrogens with one attached hydrogen (secondary N) is 1. The minimum atomic E-state index is 0.176. The first kappa shape index (κ1) is 15.3. The first-order valence-corrected chi connectivity index (χ1v) is 7.74. The molecule has 0 spiro atoms. The molecule has 2 rings (SSSR count). The summed E-state index contributed by atoms with van der Waals surface area (Å²) >= 11 is 0. The summed E-state index contributed by atoms with van der Waals surface area (Å²) in [5.74, 6) is 0.384. The predicted molar refractivity (Wildman–Crippen MR) is 84.0 cm³/mol. The molecule has 0 bridgehead atoms. The van der Waals surface area contributed by atoms with Gasteiger partial charge in [-0.2, -0.15) is 0 Å². The molecule has 1 saturated carbocycles. The summed E-state index contributed by atoms with van der Waals surface area (Å²) < 4.78 is 0. The van der Waals surface area contributed by atoms with Crippen LogP contribution in [-0.2, 0) is 0 Å². The van der Waals surface area contributed by atoms with Crippen LogP contribution in [0.4, 0.5) is 0 Å². The lowest BCUT2D eigenvalue weighted by atomic mass is 9.80. The Hall–Kier alpha value is -1.06. The second kappa shape index (κ2) is 6.59. The zero-order valence-electron chi connectivity index (χ0n) is 13.0. The van der Waals surface area contributed by atoms with Crippen molar-refractivity contribution in [3.8, 4) is 5.75 Å². The number of likely N-dealkylation sites (N-methyl/N-ethyl adjacent to an activating group) is 1. The van der Waals surface area contributed by atoms with E-state index in [-0.39, 0.29) is 11.6 Å². The van der Waals surface area contributed by atoms with Crippen molar-refractivity contribution < 1.29 is 5.11 Å². The van der Waals surface area contributed by atoms with E-state index in [2.05, 4.69) is 31.2 Å². The van der Waals surface area contributed by atoms with E-state index >= 15 is 0 Å². The summed E-state index contributed by atoms with van der Waals surface area (Å²) in [6.07, 6.45) is 6.54. The van der Waals surface area contributed by atoms with E-state index in [1.165, 1.54) is 32.1 Å². The fourth-order valence-electron chi connectivity index (χ4n) is 3.30. The Kier molecular flexibility index (Phi) is 5.06. The van der Waals surface area contributed by atoms with E-state index in [1.807, 2.05) is 18.2 Å². The lowest BCUT2D eigenvalue weighted by Crippen LogP contribution is -2.53. The van der Waals surface area contributed by atoms with Crippen molar-refractivity contribution in [3.05, 3.63) is 29.8 Å². The van der Waals surface area contributed by atoms with E-state index in [9.17, 15) is 5.11 Å². The second-order valence-corrected chi connectivity index (χ2v) is 6.34. The monoisotopic (exact) mass is 276 g/mol. The third-order valence-corrected chi connectivity index (χ3v) is 4.87. The van der Waals surface area contributed by atoms with Crippen molar-refractivity contribution in [2.45, 2.75) is 50.6 Å². The van der Waals surface area contributed by atoms with Gasteiger partial charge in [0.25, 0.3) is 0 Å². The summed E-state index contributed by atoms with van der Waals surface area (Å²) in [4.78, 5) is 2.39. The second-order valence-electron chi connectivity index (χ2n) is 6.34. The molecule has 1 aromatic carbocycles. The molecule has 0 radical (unpaired) electrons. The van der Waals surface area contributed by atoms with Crippen LogP contribution in [0.2, 0.25) is 0 Å². The molecule has 1 atom stereocenters. The minimum Gasteiger partial charge on any atom is -0.508 e. The quantitative estimate of drug-likeness (QED) is 0.866. The van der Waals surface area contributed by atoms with Crippen LogP contribution in [0.5, 0.6) is 5.75 Å². The first-order chi connectivity index (χ1) is 9.55. The van der Waals surface area contributed by atoms with Crippen molar-refractivity contribution in [3.63, 3.8) is 0 Å². The molecule has 20 heavy (non-hydrogen) atoms. The molecule has 1 aliphatic rings. The van der Waals surface area contributed by atoms with E-state index in [4.69, 9.17) is 0 Å². The number of para-hydroxylation sites is 1. The molecule has 1 fully saturated rings. The Labute approximate surface area is 123 Å². The highest BCUT2D eigenvalue weighted by molar-refractivity contribution is 5.34. The summed E-state index contributed by atoms with van der Waals surface area (Å²) in [6, 6.07) is 7.78. The van der Waals surface area contributed by atoms with Gasteiger partial charge in [0.05, 0.1) is 0 Å². The Morgan fingerprint density at radius 1 is 1.20 bits per heavy atom. The average Bonchev–Trinajstić information content (AvgIpc) is 2.46. The number of hydrogen-bond donors (Lipinski definition) is 2. The van der Waals surface area contributed by atoms with Gasteiger partial charge in [0, 0.05) is 23.7 Å². The molecule has 0 saturated heterocycles. The maximum Gasteiger partial charge on any atom is 0.120 e. The fraction of sp³-hybridized carbons (Fsp3) is 0.647. The normalized spacial score (nSPS) is 20.0. The molecule has 1 aliphatic carbocycles. The van der Waals surface area contributed by atoms with Crippen LogP contribution in [-0.4, -0.2) is 36.2 Å². The van der Waals surface area contributed by atoms with Gasteiger partial charge in [0.1, 0.15) is 5.75 Å². The minimum absolute atomic E-state index is 0.176. The zero-order valence-corrected chi connectivity index (χ0v) is 13.0. The molecule has 1 unspecified atom stereocenters. The Morgan fingerprint density at radius 3 is 2.45 bits per heavy atom. The molecule has 0 aromatic heterocycles. The molecule has 0 heterocycles. The molecule has 3 heteroatoms. The van der Waals surface area contributed by atoms with Gasteiger partial charge >= 0.3 is 0 Å². The third kappa shape index (κ3) is 3.33. The highest BCUT2D eigenvalue weighted by Gasteiger charge is 2.34. The Balaban J connectivity index is 2.01. The van der Waals surface area contributed by atoms with Gasteiger partial charge in [-0.3, -0.25) is 0 Å². The maximum absolute atomic E-state index is 9.94. The smallest absolute Gasteiger partial charge is 0.120 e. The van der Waals surface area contributed by atoms with Gasteiger partial charge in [-0.05, 0) is 39.9 Å². The highest BCUT2D eigenvalue weighted by Crippen LogP contribution is 2.32. The predicted octanol–water partition coefficient (Wildman–Crippen LogP) is 3.31. The van der Waals surface area contributed by atoms with Gasteiger partial charge in [-0.25, -0.2) is 0 Å². The number of phenols is 1. The number of benzene rings is 1. The number of aromatic hydroxyl groups is 1. The van der Waals surface area contributed by atoms with E-state index < -0.39 is 0 Å². The summed E-state index contributed by atoms with van der Waals surface area (Å²) in [7, 11) is 4.38. The van der Waals surface area contributed by atoms with Crippen molar-refractivity contribution in [2.75, 3.05) is 20.6 Å². The summed E-state index contributed by atoms with van der Waals surface area (Å²) in [6.45, 7) is 3.11. The standard InChI is InChI=1S/C17H28N2O/c1-14(15-9-5-6-10-16(15)20)18-13-17(19(2)3)11-7-4-8-12-17/h5-6,9-10,14,18,20H,4,7-8,11-13H2,1-3H3. The molecule has 0 aliphatic heterocycles. The van der Waals surface area contributed by atoms with Crippen LogP contribution in [0.3, 0.4) is 0 Å². The number of phenolic OH excluding ortho intramolecular Hbond substituents is 1. The van der Waals surface area contributed by atoms with Gasteiger partial charge in [0.15, 0.2) is 0 Å². The van der Waals surface area contributed by atoms with Crippen LogP contribution >= 0.6 is 0 Å². The molecule has 0 amide bonds. The fourth-order valence-corrected chi connectivity index (χ4v) is 3.30. The number of nitrogens with zero attached hydrogens (tertiary/aromatic N) is 1. The van der Waals surface area contributed by atoms with Crippen molar-refractivity contribution >= 4 is 0 Å². The van der Waals surface area contributed by atoms with Crippen LogP contribution in [0.25, 0.3) is 0 Å². The van der Waals surface area contributed by atoms with Crippen LogP contribution in [0.1, 0.15) is 50.6 Å². The van der Waals surface area contributed by atoms with Crippen LogP contribution < -0.4 is 5.32 Å². The SMILES string of the molecule is CC(NCC1(N(C)C)CCCCC1)c1ccccc1O. The number of hydrogen-bond acceptors (Lipinski definition) is 3. The molecule has 2 N–H and O–H groups in total. The van der Waals surface area contributed by atoms with Crippen molar-refractivity contribution in [1.29, 1.82) is 0 Å². The molecule has 3 nitrogen and oxygen atoms in total. The topological polar surface area (TPSA) is 35.5 Å². The van der Waals surface area contributed by atoms with Crippen LogP contribution in [0.15, 0.2) is 24.3 Å². The highest BCUT2D eigenvalue weighted by atomic mass is 16.3. The molecular weight excluding hydrogens is 248 g/mol. The summed E-state index contributed by atoms with van der Waals surface area (Å²) in [5.41, 5.74) is 1.26. The van der Waals surface area contributed by atoms with E-state index in [0.29, 0.717) is 5.75 Å². The molecular formula is C17H28N2O. The van der Waals surface area contributed by atoms with Crippen LogP contribution in [0, 0.1) is 0 Å². The maximum atomic E-state index is 9.94. The van der Waals surface area contributed by atoms with Gasteiger partial charge < -0.3 is 15.3 Å². The lowest BCUT2D eigenvalue weighted by Gasteiger charge is -2.44. The van der Waals surface area contributed by atoms with Gasteiger partial charge in [-0.1, -0.05) is 37.5 Å². The zero-order chi connectivity index (χ0) is 14.6. The summed E-state index contributed by atoms with van der Waals surface area (Å²) in [5, 5.41) is 13.6. The number of rotatable bonds is 5. The first-order valence-electron chi connectivity index (χ1n) is 7.74. The van der Waals surface area contributed by atoms with Crippen molar-refractivity contribution in [2.24, 2.45) is 0 Å². The largest absolute Gasteiger partial charge is 0.508 e. The van der Waals surface area contributed by atoms with Gasteiger partial charge in [-0.15, -0.1) is 0 Å². The molecule has 1 aromatic rings. The van der Waals surface area contributed by atoms with Gasteiger partial charge in [0.2, 0.25) is 0 Å². The average molecular weight is 276 g/mol. The van der Waals surface area contributed by atoms with Crippen molar-refractivity contribution in [1.82, 2.24) is 10.2 Å². The Morgan fingerprint density at radius 2 is 1.85 bits per heavy atom. The van der Waals surface area contributed by atoms with E-state index in [0.717, 1.165) is 12.1 Å². The van der Waals surface area contributed by atoms with E-state index in [1.54, 1.807) is 6.07 Å². The molecule has 112 valence electrons. The third-order valence-electron chi connectivity index (χ3n) is 4.87.